The molecule has 16 heavy (non-hydrogen) atoms. The van der Waals surface area contributed by atoms with Gasteiger partial charge in [-0.1, -0.05) is 13.5 Å². The first kappa shape index (κ1) is 13.4. The average molecular weight is 262 g/mol. The van der Waals surface area contributed by atoms with Gasteiger partial charge in [0.1, 0.15) is 0 Å². The molecule has 0 N–H and O–H groups in total. The molecule has 1 rings (SSSR count). The van der Waals surface area contributed by atoms with Gasteiger partial charge in [-0.3, -0.25) is 0 Å². The number of hydrogen-bond donors (Lipinski definition) is 0. The van der Waals surface area contributed by atoms with Crippen LogP contribution in [-0.2, 0) is 19.1 Å². The van der Waals surface area contributed by atoms with Crippen LogP contribution in [0.1, 0.15) is 6.92 Å². The summed E-state index contributed by atoms with van der Waals surface area (Å²) < 4.78 is 9.72. The standard InChI is InChI=1S/C10H14O4S2/c1-3-8(11)13-4-9(12)14-10-6-15-5-7(2)16-10/h3,7,10H,1,4-6H2,2H3. The van der Waals surface area contributed by atoms with Crippen LogP contribution in [0.25, 0.3) is 0 Å². The van der Waals surface area contributed by atoms with Crippen LogP contribution >= 0.6 is 23.5 Å². The largest absolute Gasteiger partial charge is 0.451 e. The SMILES string of the molecule is C=CC(=O)OCC(=O)OC1CSCC(C)S1. The van der Waals surface area contributed by atoms with Crippen molar-refractivity contribution in [3.63, 3.8) is 0 Å². The minimum atomic E-state index is -0.615. The highest BCUT2D eigenvalue weighted by Crippen LogP contribution is 2.30. The van der Waals surface area contributed by atoms with Gasteiger partial charge in [0.15, 0.2) is 12.0 Å². The lowest BCUT2D eigenvalue weighted by Crippen LogP contribution is -2.27. The minimum absolute atomic E-state index is 0.135. The second-order valence-corrected chi connectivity index (χ2v) is 5.89. The summed E-state index contributed by atoms with van der Waals surface area (Å²) in [5.41, 5.74) is -0.135. The van der Waals surface area contributed by atoms with Crippen LogP contribution in [0.15, 0.2) is 12.7 Å². The van der Waals surface area contributed by atoms with Gasteiger partial charge in [-0.2, -0.15) is 11.8 Å². The van der Waals surface area contributed by atoms with Crippen molar-refractivity contribution in [2.75, 3.05) is 18.1 Å². The molecule has 0 amide bonds. The Morgan fingerprint density at radius 3 is 2.88 bits per heavy atom. The van der Waals surface area contributed by atoms with Gasteiger partial charge in [0, 0.05) is 22.8 Å². The molecule has 0 spiro atoms. The molecule has 1 aliphatic rings. The van der Waals surface area contributed by atoms with Crippen molar-refractivity contribution in [3.8, 4) is 0 Å². The molecular weight excluding hydrogens is 248 g/mol. The zero-order chi connectivity index (χ0) is 12.0. The fourth-order valence-electron chi connectivity index (χ4n) is 1.10. The monoisotopic (exact) mass is 262 g/mol. The van der Waals surface area contributed by atoms with Crippen LogP contribution < -0.4 is 0 Å². The third-order valence-electron chi connectivity index (χ3n) is 1.75. The summed E-state index contributed by atoms with van der Waals surface area (Å²) in [7, 11) is 0. The normalized spacial score (nSPS) is 24.6. The molecular formula is C10H14O4S2. The van der Waals surface area contributed by atoms with Crippen LogP contribution in [0.3, 0.4) is 0 Å². The van der Waals surface area contributed by atoms with Crippen molar-refractivity contribution in [3.05, 3.63) is 12.7 Å². The Hall–Kier alpha value is -0.620. The third kappa shape index (κ3) is 4.94. The Morgan fingerprint density at radius 1 is 1.50 bits per heavy atom. The number of hydrogen-bond acceptors (Lipinski definition) is 6. The lowest BCUT2D eigenvalue weighted by atomic mass is 10.6. The summed E-state index contributed by atoms with van der Waals surface area (Å²) in [6.45, 7) is 4.98. The van der Waals surface area contributed by atoms with Crippen LogP contribution in [0.5, 0.6) is 0 Å². The molecule has 0 aliphatic carbocycles. The number of rotatable bonds is 4. The molecule has 0 aromatic rings. The zero-order valence-electron chi connectivity index (χ0n) is 9.01. The van der Waals surface area contributed by atoms with Gasteiger partial charge < -0.3 is 9.47 Å². The summed E-state index contributed by atoms with van der Waals surface area (Å²) >= 11 is 3.39. The molecule has 90 valence electrons. The summed E-state index contributed by atoms with van der Waals surface area (Å²) in [6, 6.07) is 0. The number of carbonyl (C=O) groups is 2. The molecule has 0 aromatic carbocycles. The molecule has 2 unspecified atom stereocenters. The van der Waals surface area contributed by atoms with Crippen molar-refractivity contribution in [1.29, 1.82) is 0 Å². The maximum absolute atomic E-state index is 11.3. The van der Waals surface area contributed by atoms with Crippen LogP contribution in [0, 0.1) is 0 Å². The van der Waals surface area contributed by atoms with E-state index in [2.05, 4.69) is 18.2 Å². The zero-order valence-corrected chi connectivity index (χ0v) is 10.6. The molecule has 1 saturated heterocycles. The first-order chi connectivity index (χ1) is 7.61. The number of esters is 2. The average Bonchev–Trinajstić information content (AvgIpc) is 2.26. The van der Waals surface area contributed by atoms with Gasteiger partial charge in [0.05, 0.1) is 0 Å². The Labute approximate surface area is 103 Å². The summed E-state index contributed by atoms with van der Waals surface area (Å²) in [4.78, 5) is 22.0. The van der Waals surface area contributed by atoms with Crippen molar-refractivity contribution >= 4 is 35.5 Å². The Morgan fingerprint density at radius 2 is 2.25 bits per heavy atom. The van der Waals surface area contributed by atoms with Crippen molar-refractivity contribution in [2.45, 2.75) is 17.6 Å². The van der Waals surface area contributed by atoms with Gasteiger partial charge in [0.2, 0.25) is 0 Å². The molecule has 0 saturated carbocycles. The first-order valence-corrected chi connectivity index (χ1v) is 6.93. The van der Waals surface area contributed by atoms with Crippen molar-refractivity contribution < 1.29 is 19.1 Å². The van der Waals surface area contributed by atoms with E-state index < -0.39 is 11.9 Å². The second kappa shape index (κ2) is 6.85. The van der Waals surface area contributed by atoms with Crippen LogP contribution in [0.2, 0.25) is 0 Å². The smallest absolute Gasteiger partial charge is 0.345 e. The maximum atomic E-state index is 11.3. The molecule has 0 aromatic heterocycles. The van der Waals surface area contributed by atoms with Crippen molar-refractivity contribution in [1.82, 2.24) is 0 Å². The Bertz CT molecular complexity index is 280. The fraction of sp³-hybridized carbons (Fsp3) is 0.600. The van der Waals surface area contributed by atoms with Gasteiger partial charge >= 0.3 is 11.9 Å². The van der Waals surface area contributed by atoms with E-state index in [9.17, 15) is 9.59 Å². The van der Waals surface area contributed by atoms with Gasteiger partial charge in [-0.25, -0.2) is 9.59 Å². The lowest BCUT2D eigenvalue weighted by molar-refractivity contribution is -0.156. The molecule has 6 heteroatoms. The van der Waals surface area contributed by atoms with Gasteiger partial charge in [-0.05, 0) is 0 Å². The van der Waals surface area contributed by atoms with E-state index in [1.165, 1.54) is 0 Å². The van der Waals surface area contributed by atoms with E-state index in [0.717, 1.165) is 17.6 Å². The molecule has 1 aliphatic heterocycles. The van der Waals surface area contributed by atoms with Crippen molar-refractivity contribution in [2.24, 2.45) is 0 Å². The van der Waals surface area contributed by atoms with Crippen LogP contribution in [0.4, 0.5) is 0 Å². The summed E-state index contributed by atoms with van der Waals surface area (Å²) in [5.74, 6) is 0.735. The Kier molecular flexibility index (Phi) is 5.76. The van der Waals surface area contributed by atoms with E-state index in [1.807, 2.05) is 0 Å². The topological polar surface area (TPSA) is 52.6 Å². The Balaban J connectivity index is 2.22. The summed E-state index contributed by atoms with van der Waals surface area (Å²) in [6.07, 6.45) is 1.01. The lowest BCUT2D eigenvalue weighted by Gasteiger charge is -2.25. The number of thioether (sulfide) groups is 2. The second-order valence-electron chi connectivity index (χ2n) is 3.22. The molecule has 2 atom stereocenters. The van der Waals surface area contributed by atoms with E-state index in [1.54, 1.807) is 23.5 Å². The molecule has 4 nitrogen and oxygen atoms in total. The van der Waals surface area contributed by atoms with Crippen LogP contribution in [-0.4, -0.2) is 40.7 Å². The van der Waals surface area contributed by atoms with E-state index in [0.29, 0.717) is 5.25 Å². The summed E-state index contributed by atoms with van der Waals surface area (Å²) in [5, 5.41) is 0.479. The molecule has 1 fully saturated rings. The highest BCUT2D eigenvalue weighted by Gasteiger charge is 2.23. The van der Waals surface area contributed by atoms with Gasteiger partial charge in [0.25, 0.3) is 0 Å². The third-order valence-corrected chi connectivity index (χ3v) is 4.65. The minimum Gasteiger partial charge on any atom is -0.451 e. The van der Waals surface area contributed by atoms with E-state index in [-0.39, 0.29) is 12.0 Å². The highest BCUT2D eigenvalue weighted by molar-refractivity contribution is 8.07. The fourth-order valence-corrected chi connectivity index (χ4v) is 3.71. The highest BCUT2D eigenvalue weighted by atomic mass is 32.2. The van der Waals surface area contributed by atoms with E-state index in [4.69, 9.17) is 4.74 Å². The maximum Gasteiger partial charge on any atom is 0.345 e. The predicted molar refractivity (Wildman–Crippen MR) is 65.4 cm³/mol. The molecule has 0 bridgehead atoms. The molecule has 0 radical (unpaired) electrons. The predicted octanol–water partition coefficient (Wildman–Crippen LogP) is 1.45. The number of carbonyl (C=O) groups excluding carboxylic acids is 2. The van der Waals surface area contributed by atoms with Gasteiger partial charge in [-0.15, -0.1) is 11.8 Å². The quantitative estimate of drug-likeness (QED) is 0.564. The molecule has 1 heterocycles. The van der Waals surface area contributed by atoms with E-state index >= 15 is 0 Å². The first-order valence-electron chi connectivity index (χ1n) is 4.83. The number of ether oxygens (including phenoxy) is 2.